The number of aromatic nitrogens is 1. The maximum Gasteiger partial charge on any atom is 0.573 e. The van der Waals surface area contributed by atoms with E-state index in [1.54, 1.807) is 12.1 Å². The summed E-state index contributed by atoms with van der Waals surface area (Å²) in [5, 5.41) is 0.806. The first kappa shape index (κ1) is 13.0. The van der Waals surface area contributed by atoms with Gasteiger partial charge in [-0.2, -0.15) is 0 Å². The van der Waals surface area contributed by atoms with Gasteiger partial charge in [-0.15, -0.1) is 13.2 Å². The highest BCUT2D eigenvalue weighted by atomic mass is 35.5. The Morgan fingerprint density at radius 1 is 1.33 bits per heavy atom. The number of halogens is 4. The molecule has 0 aliphatic heterocycles. The molecule has 2 aromatic rings. The molecule has 0 bridgehead atoms. The predicted octanol–water partition coefficient (Wildman–Crippen LogP) is 4.35. The molecule has 6 heteroatoms. The number of rotatable bonds is 2. The highest BCUT2D eigenvalue weighted by Gasteiger charge is 2.32. The fraction of sp³-hybridized carbons (Fsp3) is 0.250. The molecule has 0 saturated heterocycles. The zero-order valence-corrected chi connectivity index (χ0v) is 10.1. The fourth-order valence-electron chi connectivity index (χ4n) is 1.62. The van der Waals surface area contributed by atoms with E-state index < -0.39 is 6.36 Å². The zero-order valence-electron chi connectivity index (χ0n) is 9.38. The van der Waals surface area contributed by atoms with Crippen molar-refractivity contribution in [2.75, 3.05) is 0 Å². The number of hydrogen-bond acceptors (Lipinski definition) is 2. The van der Waals surface area contributed by atoms with Crippen LogP contribution in [0, 0.1) is 0 Å². The van der Waals surface area contributed by atoms with Crippen LogP contribution < -0.4 is 4.74 Å². The van der Waals surface area contributed by atoms with Crippen molar-refractivity contribution in [3.8, 4) is 5.75 Å². The van der Waals surface area contributed by atoms with Crippen molar-refractivity contribution in [3.05, 3.63) is 35.0 Å². The molecular weight excluding hydrogens is 267 g/mol. The smallest absolute Gasteiger partial charge is 0.403 e. The molecule has 1 heterocycles. The van der Waals surface area contributed by atoms with Crippen LogP contribution in [0.1, 0.15) is 12.6 Å². The second kappa shape index (κ2) is 4.65. The molecule has 0 saturated carbocycles. The lowest BCUT2D eigenvalue weighted by Gasteiger charge is -2.12. The summed E-state index contributed by atoms with van der Waals surface area (Å²) >= 11 is 6.01. The molecule has 2 rings (SSSR count). The Morgan fingerprint density at radius 2 is 2.06 bits per heavy atom. The van der Waals surface area contributed by atoms with Crippen molar-refractivity contribution in [2.24, 2.45) is 0 Å². The summed E-state index contributed by atoms with van der Waals surface area (Å²) in [6, 6.07) is 5.91. The molecule has 1 aromatic carbocycles. The second-order valence-corrected chi connectivity index (χ2v) is 4.06. The van der Waals surface area contributed by atoms with Crippen LogP contribution in [-0.2, 0) is 6.42 Å². The van der Waals surface area contributed by atoms with Crippen molar-refractivity contribution in [2.45, 2.75) is 19.7 Å². The van der Waals surface area contributed by atoms with Crippen LogP contribution in [-0.4, -0.2) is 11.3 Å². The lowest BCUT2D eigenvalue weighted by atomic mass is 10.1. The number of benzene rings is 1. The molecule has 0 N–H and O–H groups in total. The molecule has 0 amide bonds. The summed E-state index contributed by atoms with van der Waals surface area (Å²) in [7, 11) is 0. The number of fused-ring (bicyclic) bond motifs is 1. The molecule has 0 spiro atoms. The van der Waals surface area contributed by atoms with Gasteiger partial charge in [0.05, 0.1) is 5.02 Å². The molecule has 0 radical (unpaired) electrons. The van der Waals surface area contributed by atoms with E-state index in [1.807, 2.05) is 6.92 Å². The number of pyridine rings is 1. The Bertz CT molecular complexity index is 583. The Kier molecular flexibility index (Phi) is 3.34. The van der Waals surface area contributed by atoms with Gasteiger partial charge in [0.25, 0.3) is 0 Å². The summed E-state index contributed by atoms with van der Waals surface area (Å²) in [5.41, 5.74) is 0.741. The zero-order chi connectivity index (χ0) is 13.3. The molecule has 0 atom stereocenters. The van der Waals surface area contributed by atoms with Crippen molar-refractivity contribution >= 4 is 22.5 Å². The Balaban J connectivity index is 2.63. The van der Waals surface area contributed by atoms with Crippen LogP contribution in [0.5, 0.6) is 5.75 Å². The topological polar surface area (TPSA) is 22.1 Å². The van der Waals surface area contributed by atoms with Crippen molar-refractivity contribution in [1.29, 1.82) is 0 Å². The first-order valence-corrected chi connectivity index (χ1v) is 5.62. The van der Waals surface area contributed by atoms with Gasteiger partial charge in [-0.3, -0.25) is 0 Å². The first-order chi connectivity index (χ1) is 8.40. The van der Waals surface area contributed by atoms with E-state index in [2.05, 4.69) is 9.72 Å². The Labute approximate surface area is 106 Å². The predicted molar refractivity (Wildman–Crippen MR) is 62.8 cm³/mol. The third kappa shape index (κ3) is 2.67. The normalized spacial score (nSPS) is 11.8. The van der Waals surface area contributed by atoms with Crippen LogP contribution in [0.2, 0.25) is 5.02 Å². The monoisotopic (exact) mass is 275 g/mol. The van der Waals surface area contributed by atoms with Gasteiger partial charge in [0.15, 0.2) is 5.75 Å². The lowest BCUT2D eigenvalue weighted by Crippen LogP contribution is -2.17. The SMILES string of the molecule is CCc1cc(Cl)c2cccc(OC(F)(F)F)c2n1. The molecule has 18 heavy (non-hydrogen) atoms. The third-order valence-corrected chi connectivity index (χ3v) is 2.71. The van der Waals surface area contributed by atoms with Gasteiger partial charge in [0.1, 0.15) is 5.52 Å². The van der Waals surface area contributed by atoms with Gasteiger partial charge in [0, 0.05) is 11.1 Å². The average Bonchev–Trinajstić information content (AvgIpc) is 2.28. The molecule has 1 aromatic heterocycles. The van der Waals surface area contributed by atoms with Crippen molar-refractivity contribution in [1.82, 2.24) is 4.98 Å². The number of para-hydroxylation sites is 1. The summed E-state index contributed by atoms with van der Waals surface area (Å²) in [6.45, 7) is 1.84. The number of hydrogen-bond donors (Lipinski definition) is 0. The van der Waals surface area contributed by atoms with E-state index in [0.29, 0.717) is 22.5 Å². The van der Waals surface area contributed by atoms with E-state index >= 15 is 0 Å². The summed E-state index contributed by atoms with van der Waals surface area (Å²) in [6.07, 6.45) is -4.17. The van der Waals surface area contributed by atoms with Gasteiger partial charge in [-0.1, -0.05) is 30.7 Å². The highest BCUT2D eigenvalue weighted by Crippen LogP contribution is 2.33. The minimum atomic E-state index is -4.75. The maximum atomic E-state index is 12.3. The molecule has 2 nitrogen and oxygen atoms in total. The van der Waals surface area contributed by atoms with Gasteiger partial charge in [-0.25, -0.2) is 4.98 Å². The minimum Gasteiger partial charge on any atom is -0.403 e. The minimum absolute atomic E-state index is 0.124. The number of alkyl halides is 3. The average molecular weight is 276 g/mol. The van der Waals surface area contributed by atoms with Crippen LogP contribution in [0.3, 0.4) is 0 Å². The summed E-state index contributed by atoms with van der Waals surface area (Å²) in [4.78, 5) is 4.13. The Hall–Kier alpha value is -1.49. The van der Waals surface area contributed by atoms with Crippen LogP contribution in [0.4, 0.5) is 13.2 Å². The second-order valence-electron chi connectivity index (χ2n) is 3.65. The maximum absolute atomic E-state index is 12.3. The van der Waals surface area contributed by atoms with Crippen LogP contribution in [0.25, 0.3) is 10.9 Å². The molecule has 96 valence electrons. The fourth-order valence-corrected chi connectivity index (χ4v) is 1.90. The largest absolute Gasteiger partial charge is 0.573 e. The third-order valence-electron chi connectivity index (χ3n) is 2.39. The molecule has 0 aliphatic rings. The molecular formula is C12H9ClF3NO. The molecule has 0 aliphatic carbocycles. The first-order valence-electron chi connectivity index (χ1n) is 5.24. The Morgan fingerprint density at radius 3 is 2.67 bits per heavy atom. The van der Waals surface area contributed by atoms with Crippen molar-refractivity contribution in [3.63, 3.8) is 0 Å². The van der Waals surface area contributed by atoms with Crippen molar-refractivity contribution < 1.29 is 17.9 Å². The van der Waals surface area contributed by atoms with Crippen LogP contribution in [0.15, 0.2) is 24.3 Å². The van der Waals surface area contributed by atoms with Gasteiger partial charge in [-0.05, 0) is 18.6 Å². The standard InChI is InChI=1S/C12H9ClF3NO/c1-2-7-6-9(13)8-4-3-5-10(11(8)17-7)18-12(14,15)16/h3-6H,2H2,1H3. The van der Waals surface area contributed by atoms with Gasteiger partial charge in [0.2, 0.25) is 0 Å². The van der Waals surface area contributed by atoms with Gasteiger partial charge >= 0.3 is 6.36 Å². The number of nitrogens with zero attached hydrogens (tertiary/aromatic N) is 1. The summed E-state index contributed by atoms with van der Waals surface area (Å²) < 4.78 is 40.8. The molecule has 0 unspecified atom stereocenters. The van der Waals surface area contributed by atoms with E-state index in [0.717, 1.165) is 0 Å². The van der Waals surface area contributed by atoms with Gasteiger partial charge < -0.3 is 4.74 Å². The van der Waals surface area contributed by atoms with E-state index in [9.17, 15) is 13.2 Å². The quantitative estimate of drug-likeness (QED) is 0.813. The summed E-state index contributed by atoms with van der Waals surface area (Å²) in [5.74, 6) is -0.336. The molecule has 0 fully saturated rings. The van der Waals surface area contributed by atoms with Crippen LogP contribution >= 0.6 is 11.6 Å². The van der Waals surface area contributed by atoms with E-state index in [-0.39, 0.29) is 11.3 Å². The number of aryl methyl sites for hydroxylation is 1. The number of ether oxygens (including phenoxy) is 1. The van der Waals surface area contributed by atoms with E-state index in [1.165, 1.54) is 12.1 Å². The lowest BCUT2D eigenvalue weighted by molar-refractivity contribution is -0.274. The van der Waals surface area contributed by atoms with E-state index in [4.69, 9.17) is 11.6 Å². The highest BCUT2D eigenvalue weighted by molar-refractivity contribution is 6.35.